The summed E-state index contributed by atoms with van der Waals surface area (Å²) in [7, 11) is 5.18. The highest BCUT2D eigenvalue weighted by molar-refractivity contribution is 6.03. The van der Waals surface area contributed by atoms with Gasteiger partial charge in [-0.25, -0.2) is 0 Å². The summed E-state index contributed by atoms with van der Waals surface area (Å²) < 4.78 is 12.7. The molecule has 168 valence electrons. The first-order valence-corrected chi connectivity index (χ1v) is 10.7. The fourth-order valence-corrected chi connectivity index (χ4v) is 4.41. The summed E-state index contributed by atoms with van der Waals surface area (Å²) in [6.07, 6.45) is 3.47. The zero-order chi connectivity index (χ0) is 22.9. The van der Waals surface area contributed by atoms with E-state index in [2.05, 4.69) is 5.32 Å². The van der Waals surface area contributed by atoms with Crippen LogP contribution in [0.25, 0.3) is 10.9 Å². The molecule has 0 spiro atoms. The van der Waals surface area contributed by atoms with Crippen LogP contribution in [0.15, 0.2) is 48.7 Å². The first kappa shape index (κ1) is 21.7. The van der Waals surface area contributed by atoms with Crippen molar-refractivity contribution in [2.45, 2.75) is 31.7 Å². The number of fused-ring (bicyclic) bond motifs is 1. The largest absolute Gasteiger partial charge is 0.493 e. The Kier molecular flexibility index (Phi) is 5.82. The molecule has 2 amide bonds. The van der Waals surface area contributed by atoms with Crippen molar-refractivity contribution < 1.29 is 19.1 Å². The first-order valence-electron chi connectivity index (χ1n) is 10.7. The fourth-order valence-electron chi connectivity index (χ4n) is 4.41. The zero-order valence-electron chi connectivity index (χ0n) is 19.0. The molecule has 3 aromatic rings. The topological polar surface area (TPSA) is 72.8 Å². The molecule has 4 rings (SSSR count). The SMILES string of the molecule is COc1ccc(CCN2C(=O)CCC2(C)C(=O)Nc2ccc3c(ccn3C)c2)cc1OC. The molecule has 1 saturated heterocycles. The standard InChI is InChI=1S/C25H29N3O4/c1-25(24(30)26-19-6-7-20-18(16-19)11-13-27(20)2)12-9-23(29)28(25)14-10-17-5-8-21(31-3)22(15-17)32-4/h5-8,11,13,15-16H,9-10,12,14H2,1-4H3,(H,26,30). The smallest absolute Gasteiger partial charge is 0.250 e. The molecule has 0 bridgehead atoms. The lowest BCUT2D eigenvalue weighted by Gasteiger charge is -2.34. The van der Waals surface area contributed by atoms with E-state index in [9.17, 15) is 9.59 Å². The number of aromatic nitrogens is 1. The van der Waals surface area contributed by atoms with Gasteiger partial charge in [0.2, 0.25) is 11.8 Å². The van der Waals surface area contributed by atoms with Gasteiger partial charge in [-0.2, -0.15) is 0 Å². The van der Waals surface area contributed by atoms with Crippen molar-refractivity contribution in [3.05, 3.63) is 54.2 Å². The third-order valence-electron chi connectivity index (χ3n) is 6.43. The Morgan fingerprint density at radius 1 is 1.09 bits per heavy atom. The Morgan fingerprint density at radius 3 is 2.62 bits per heavy atom. The van der Waals surface area contributed by atoms with Crippen LogP contribution in [0, 0.1) is 0 Å². The van der Waals surface area contributed by atoms with Gasteiger partial charge in [-0.3, -0.25) is 9.59 Å². The van der Waals surface area contributed by atoms with Crippen LogP contribution in [0.2, 0.25) is 0 Å². The van der Waals surface area contributed by atoms with Crippen LogP contribution >= 0.6 is 0 Å². The fraction of sp³-hybridized carbons (Fsp3) is 0.360. The molecule has 0 saturated carbocycles. The maximum absolute atomic E-state index is 13.3. The predicted molar refractivity (Wildman–Crippen MR) is 124 cm³/mol. The van der Waals surface area contributed by atoms with Gasteiger partial charge in [0.25, 0.3) is 0 Å². The molecule has 32 heavy (non-hydrogen) atoms. The van der Waals surface area contributed by atoms with Crippen LogP contribution in [0.5, 0.6) is 11.5 Å². The van der Waals surface area contributed by atoms with Crippen LogP contribution < -0.4 is 14.8 Å². The number of hydrogen-bond acceptors (Lipinski definition) is 4. The van der Waals surface area contributed by atoms with E-state index in [1.807, 2.05) is 67.2 Å². The van der Waals surface area contributed by atoms with Crippen LogP contribution in [0.4, 0.5) is 5.69 Å². The Bertz CT molecular complexity index is 1170. The van der Waals surface area contributed by atoms with Gasteiger partial charge in [0.1, 0.15) is 5.54 Å². The van der Waals surface area contributed by atoms with Crippen LogP contribution in [0.1, 0.15) is 25.3 Å². The summed E-state index contributed by atoms with van der Waals surface area (Å²) in [5.74, 6) is 1.15. The van der Waals surface area contributed by atoms with E-state index >= 15 is 0 Å². The molecule has 2 aromatic carbocycles. The van der Waals surface area contributed by atoms with Crippen molar-refractivity contribution in [1.82, 2.24) is 9.47 Å². The van der Waals surface area contributed by atoms with Gasteiger partial charge in [-0.05, 0) is 61.7 Å². The number of anilines is 1. The van der Waals surface area contributed by atoms with Gasteiger partial charge in [0.15, 0.2) is 11.5 Å². The average molecular weight is 436 g/mol. The number of nitrogens with one attached hydrogen (secondary N) is 1. The highest BCUT2D eigenvalue weighted by Gasteiger charge is 2.47. The lowest BCUT2D eigenvalue weighted by Crippen LogP contribution is -2.52. The van der Waals surface area contributed by atoms with Crippen LogP contribution in [0.3, 0.4) is 0 Å². The number of rotatable bonds is 7. The highest BCUT2D eigenvalue weighted by Crippen LogP contribution is 2.33. The lowest BCUT2D eigenvalue weighted by atomic mass is 9.96. The molecule has 1 unspecified atom stereocenters. The normalized spacial score (nSPS) is 18.2. The number of benzene rings is 2. The Labute approximate surface area is 187 Å². The van der Waals surface area contributed by atoms with E-state index in [0.717, 1.165) is 22.2 Å². The monoisotopic (exact) mass is 435 g/mol. The molecule has 1 fully saturated rings. The van der Waals surface area contributed by atoms with Gasteiger partial charge in [0, 0.05) is 42.8 Å². The van der Waals surface area contributed by atoms with Gasteiger partial charge in [-0.15, -0.1) is 0 Å². The molecule has 2 heterocycles. The number of carbonyl (C=O) groups excluding carboxylic acids is 2. The molecule has 1 aliphatic heterocycles. The van der Waals surface area contributed by atoms with E-state index in [1.165, 1.54) is 0 Å². The van der Waals surface area contributed by atoms with Crippen molar-refractivity contribution in [2.75, 3.05) is 26.1 Å². The van der Waals surface area contributed by atoms with Gasteiger partial charge in [-0.1, -0.05) is 6.07 Å². The molecule has 1 aliphatic rings. The lowest BCUT2D eigenvalue weighted by molar-refractivity contribution is -0.137. The second-order valence-corrected chi connectivity index (χ2v) is 8.41. The Hall–Kier alpha value is -3.48. The Balaban J connectivity index is 1.49. The number of nitrogens with zero attached hydrogens (tertiary/aromatic N) is 2. The number of ether oxygens (including phenoxy) is 2. The molecular formula is C25H29N3O4. The number of likely N-dealkylation sites (tertiary alicyclic amines) is 1. The summed E-state index contributed by atoms with van der Waals surface area (Å²) in [5.41, 5.74) is 1.95. The number of carbonyl (C=O) groups is 2. The molecule has 1 N–H and O–H groups in total. The summed E-state index contributed by atoms with van der Waals surface area (Å²) in [4.78, 5) is 27.7. The van der Waals surface area contributed by atoms with Crippen molar-refractivity contribution >= 4 is 28.4 Å². The van der Waals surface area contributed by atoms with E-state index in [1.54, 1.807) is 19.1 Å². The Morgan fingerprint density at radius 2 is 1.88 bits per heavy atom. The summed E-state index contributed by atoms with van der Waals surface area (Å²) in [5, 5.41) is 4.09. The number of amides is 2. The van der Waals surface area contributed by atoms with Crippen LogP contribution in [-0.4, -0.2) is 47.6 Å². The maximum Gasteiger partial charge on any atom is 0.250 e. The summed E-state index contributed by atoms with van der Waals surface area (Å²) >= 11 is 0. The van der Waals surface area contributed by atoms with Gasteiger partial charge in [0.05, 0.1) is 14.2 Å². The second kappa shape index (κ2) is 8.57. The van der Waals surface area contributed by atoms with Gasteiger partial charge < -0.3 is 24.3 Å². The zero-order valence-corrected chi connectivity index (χ0v) is 19.0. The number of methoxy groups -OCH3 is 2. The average Bonchev–Trinajstić information content (AvgIpc) is 3.31. The molecule has 7 nitrogen and oxygen atoms in total. The van der Waals surface area contributed by atoms with E-state index < -0.39 is 5.54 Å². The highest BCUT2D eigenvalue weighted by atomic mass is 16.5. The molecule has 1 aromatic heterocycles. The third-order valence-corrected chi connectivity index (χ3v) is 6.43. The maximum atomic E-state index is 13.3. The minimum Gasteiger partial charge on any atom is -0.493 e. The minimum atomic E-state index is -0.890. The molecular weight excluding hydrogens is 406 g/mol. The van der Waals surface area contributed by atoms with Crippen molar-refractivity contribution in [3.8, 4) is 11.5 Å². The van der Waals surface area contributed by atoms with Crippen molar-refractivity contribution in [2.24, 2.45) is 7.05 Å². The van der Waals surface area contributed by atoms with Gasteiger partial charge >= 0.3 is 0 Å². The van der Waals surface area contributed by atoms with Crippen LogP contribution in [-0.2, 0) is 23.1 Å². The molecule has 0 aliphatic carbocycles. The van der Waals surface area contributed by atoms with E-state index in [-0.39, 0.29) is 11.8 Å². The summed E-state index contributed by atoms with van der Waals surface area (Å²) in [6.45, 7) is 2.30. The van der Waals surface area contributed by atoms with Crippen molar-refractivity contribution in [3.63, 3.8) is 0 Å². The third kappa shape index (κ3) is 3.90. The van der Waals surface area contributed by atoms with E-state index in [0.29, 0.717) is 37.3 Å². The molecule has 0 radical (unpaired) electrons. The first-order chi connectivity index (χ1) is 15.4. The predicted octanol–water partition coefficient (Wildman–Crippen LogP) is 3.76. The minimum absolute atomic E-state index is 0.00152. The number of hydrogen-bond donors (Lipinski definition) is 1. The number of aryl methyl sites for hydroxylation is 1. The second-order valence-electron chi connectivity index (χ2n) is 8.41. The van der Waals surface area contributed by atoms with E-state index in [4.69, 9.17) is 9.47 Å². The van der Waals surface area contributed by atoms with Crippen molar-refractivity contribution in [1.29, 1.82) is 0 Å². The molecule has 1 atom stereocenters. The summed E-state index contributed by atoms with van der Waals surface area (Å²) in [6, 6.07) is 13.6. The molecule has 7 heteroatoms. The quantitative estimate of drug-likeness (QED) is 0.613.